The number of carbonyl (C=O) groups excluding carboxylic acids is 2. The summed E-state index contributed by atoms with van der Waals surface area (Å²) in [6.45, 7) is 7.33. The molecule has 0 bridgehead atoms. The summed E-state index contributed by atoms with van der Waals surface area (Å²) < 4.78 is 5.49. The molecule has 0 atom stereocenters. The van der Waals surface area contributed by atoms with Crippen molar-refractivity contribution in [2.75, 3.05) is 31.6 Å². The number of ether oxygens (including phenoxy) is 1. The van der Waals surface area contributed by atoms with E-state index in [0.29, 0.717) is 18.9 Å². The molecule has 34 heavy (non-hydrogen) atoms. The van der Waals surface area contributed by atoms with Crippen LogP contribution in [-0.2, 0) is 24.1 Å². The molecular weight excluding hydrogens is 424 g/mol. The highest BCUT2D eigenvalue weighted by Crippen LogP contribution is 2.37. The SMILES string of the molecule is COc1ccccc1CCN(CCCCCC(=O)c1cc2c3c(c1)CCN3C(=O)CC2)C(C)C. The Bertz CT molecular complexity index is 1030. The van der Waals surface area contributed by atoms with E-state index in [-0.39, 0.29) is 11.7 Å². The molecule has 0 saturated heterocycles. The molecule has 5 heteroatoms. The van der Waals surface area contributed by atoms with E-state index < -0.39 is 0 Å². The number of Topliss-reactive ketones (excluding diaryl/α,β-unsaturated/α-hetero) is 1. The van der Waals surface area contributed by atoms with Crippen LogP contribution >= 0.6 is 0 Å². The van der Waals surface area contributed by atoms with Gasteiger partial charge in [-0.2, -0.15) is 0 Å². The van der Waals surface area contributed by atoms with Gasteiger partial charge in [-0.25, -0.2) is 0 Å². The van der Waals surface area contributed by atoms with E-state index >= 15 is 0 Å². The van der Waals surface area contributed by atoms with Crippen LogP contribution in [0.5, 0.6) is 5.75 Å². The Kier molecular flexibility index (Phi) is 8.04. The summed E-state index contributed by atoms with van der Waals surface area (Å²) in [5, 5.41) is 0. The lowest BCUT2D eigenvalue weighted by Crippen LogP contribution is -2.33. The molecule has 0 saturated carbocycles. The van der Waals surface area contributed by atoms with E-state index in [0.717, 1.165) is 75.2 Å². The third-order valence-corrected chi connectivity index (χ3v) is 7.31. The standard InChI is InChI=1S/C29H38N2O3/c1-21(2)30(17-14-22-9-6-7-11-27(22)34-3)16-8-4-5-10-26(32)25-19-23-12-13-28(33)31-18-15-24(20-25)29(23)31/h6-7,9,11,19-21H,4-5,8,10,12-18H2,1-3H3. The first-order valence-electron chi connectivity index (χ1n) is 12.8. The van der Waals surface area contributed by atoms with Gasteiger partial charge in [0, 0.05) is 37.5 Å². The highest BCUT2D eigenvalue weighted by Gasteiger charge is 2.31. The minimum absolute atomic E-state index is 0.226. The van der Waals surface area contributed by atoms with E-state index in [4.69, 9.17) is 4.74 Å². The van der Waals surface area contributed by atoms with Gasteiger partial charge in [0.2, 0.25) is 5.91 Å². The summed E-state index contributed by atoms with van der Waals surface area (Å²) in [6, 6.07) is 12.8. The fourth-order valence-corrected chi connectivity index (χ4v) is 5.34. The van der Waals surface area contributed by atoms with Gasteiger partial charge in [-0.05, 0) is 87.4 Å². The normalized spacial score (nSPS) is 14.7. The second-order valence-electron chi connectivity index (χ2n) is 9.86. The van der Waals surface area contributed by atoms with Gasteiger partial charge in [0.25, 0.3) is 0 Å². The summed E-state index contributed by atoms with van der Waals surface area (Å²) in [5.41, 5.74) is 5.54. The quantitative estimate of drug-likeness (QED) is 0.320. The van der Waals surface area contributed by atoms with Crippen LogP contribution in [0.1, 0.15) is 73.0 Å². The topological polar surface area (TPSA) is 49.9 Å². The Morgan fingerprint density at radius 1 is 1.03 bits per heavy atom. The minimum Gasteiger partial charge on any atom is -0.496 e. The smallest absolute Gasteiger partial charge is 0.227 e. The van der Waals surface area contributed by atoms with Crippen LogP contribution in [0.2, 0.25) is 0 Å². The lowest BCUT2D eigenvalue weighted by atomic mass is 9.94. The number of amides is 1. The molecule has 0 N–H and O–H groups in total. The summed E-state index contributed by atoms with van der Waals surface area (Å²) in [5.74, 6) is 1.43. The number of ketones is 1. The van der Waals surface area contributed by atoms with Gasteiger partial charge in [0.15, 0.2) is 5.78 Å². The number of aryl methyl sites for hydroxylation is 1. The fourth-order valence-electron chi connectivity index (χ4n) is 5.34. The minimum atomic E-state index is 0.226. The molecule has 4 rings (SSSR count). The Morgan fingerprint density at radius 2 is 1.79 bits per heavy atom. The number of carbonyl (C=O) groups is 2. The van der Waals surface area contributed by atoms with Crippen LogP contribution in [0.15, 0.2) is 36.4 Å². The zero-order valence-electron chi connectivity index (χ0n) is 20.9. The summed E-state index contributed by atoms with van der Waals surface area (Å²) in [7, 11) is 1.73. The molecule has 0 aliphatic carbocycles. The maximum Gasteiger partial charge on any atom is 0.227 e. The zero-order chi connectivity index (χ0) is 24.1. The first-order valence-corrected chi connectivity index (χ1v) is 12.8. The van der Waals surface area contributed by atoms with E-state index in [1.54, 1.807) is 7.11 Å². The molecular formula is C29H38N2O3. The average molecular weight is 463 g/mol. The van der Waals surface area contributed by atoms with Gasteiger partial charge in [0.1, 0.15) is 5.75 Å². The first-order chi connectivity index (χ1) is 16.5. The van der Waals surface area contributed by atoms with Crippen molar-refractivity contribution in [1.29, 1.82) is 0 Å². The van der Waals surface area contributed by atoms with Crippen molar-refractivity contribution < 1.29 is 14.3 Å². The van der Waals surface area contributed by atoms with E-state index in [9.17, 15) is 9.59 Å². The Hall–Kier alpha value is -2.66. The Labute approximate surface area is 204 Å². The second kappa shape index (κ2) is 11.2. The monoisotopic (exact) mass is 462 g/mol. The van der Waals surface area contributed by atoms with Crippen LogP contribution in [0.25, 0.3) is 0 Å². The largest absolute Gasteiger partial charge is 0.496 e. The number of nitrogens with zero attached hydrogens (tertiary/aromatic N) is 2. The summed E-state index contributed by atoms with van der Waals surface area (Å²) >= 11 is 0. The number of rotatable bonds is 12. The second-order valence-corrected chi connectivity index (χ2v) is 9.86. The van der Waals surface area contributed by atoms with E-state index in [2.05, 4.69) is 30.9 Å². The van der Waals surface area contributed by atoms with Crippen molar-refractivity contribution in [1.82, 2.24) is 4.90 Å². The van der Waals surface area contributed by atoms with Crippen LogP contribution in [-0.4, -0.2) is 49.4 Å². The maximum absolute atomic E-state index is 12.9. The molecule has 0 radical (unpaired) electrons. The first kappa shape index (κ1) is 24.5. The molecule has 0 spiro atoms. The molecule has 182 valence electrons. The molecule has 2 aromatic carbocycles. The lowest BCUT2D eigenvalue weighted by molar-refractivity contribution is -0.118. The van der Waals surface area contributed by atoms with Gasteiger partial charge in [-0.3, -0.25) is 9.59 Å². The van der Waals surface area contributed by atoms with E-state index in [1.807, 2.05) is 29.2 Å². The van der Waals surface area contributed by atoms with Gasteiger partial charge >= 0.3 is 0 Å². The maximum atomic E-state index is 12.9. The fraction of sp³-hybridized carbons (Fsp3) is 0.517. The number of para-hydroxylation sites is 1. The average Bonchev–Trinajstić information content (AvgIpc) is 3.28. The molecule has 2 heterocycles. The van der Waals surface area contributed by atoms with Crippen molar-refractivity contribution in [3.8, 4) is 5.75 Å². The third kappa shape index (κ3) is 5.52. The molecule has 2 aliphatic heterocycles. The van der Waals surface area contributed by atoms with Gasteiger partial charge in [-0.15, -0.1) is 0 Å². The third-order valence-electron chi connectivity index (χ3n) is 7.31. The number of methoxy groups -OCH3 is 1. The predicted molar refractivity (Wildman–Crippen MR) is 137 cm³/mol. The number of benzene rings is 2. The van der Waals surface area contributed by atoms with Crippen molar-refractivity contribution in [3.05, 3.63) is 58.7 Å². The van der Waals surface area contributed by atoms with Crippen molar-refractivity contribution >= 4 is 17.4 Å². The molecule has 2 aromatic rings. The molecule has 2 aliphatic rings. The van der Waals surface area contributed by atoms with Crippen LogP contribution < -0.4 is 9.64 Å². The summed E-state index contributed by atoms with van der Waals surface area (Å²) in [4.78, 5) is 29.5. The number of unbranched alkanes of at least 4 members (excludes halogenated alkanes) is 2. The van der Waals surface area contributed by atoms with Gasteiger partial charge in [-0.1, -0.05) is 24.6 Å². The number of anilines is 1. The van der Waals surface area contributed by atoms with Gasteiger partial charge in [0.05, 0.1) is 12.8 Å². The summed E-state index contributed by atoms with van der Waals surface area (Å²) in [6.07, 6.45) is 6.86. The molecule has 0 aromatic heterocycles. The van der Waals surface area contributed by atoms with Gasteiger partial charge < -0.3 is 14.5 Å². The molecule has 0 unspecified atom stereocenters. The zero-order valence-corrected chi connectivity index (χ0v) is 20.9. The molecule has 0 fully saturated rings. The highest BCUT2D eigenvalue weighted by atomic mass is 16.5. The van der Waals surface area contributed by atoms with Crippen molar-refractivity contribution in [2.45, 2.75) is 71.3 Å². The predicted octanol–water partition coefficient (Wildman–Crippen LogP) is 5.23. The van der Waals surface area contributed by atoms with Crippen LogP contribution in [0, 0.1) is 0 Å². The van der Waals surface area contributed by atoms with E-state index in [1.165, 1.54) is 16.7 Å². The Balaban J connectivity index is 1.23. The molecule has 1 amide bonds. The van der Waals surface area contributed by atoms with Crippen molar-refractivity contribution in [2.24, 2.45) is 0 Å². The number of hydrogen-bond acceptors (Lipinski definition) is 4. The Morgan fingerprint density at radius 3 is 2.56 bits per heavy atom. The highest BCUT2D eigenvalue weighted by molar-refractivity contribution is 6.02. The number of hydrogen-bond donors (Lipinski definition) is 0. The van der Waals surface area contributed by atoms with Crippen LogP contribution in [0.3, 0.4) is 0 Å². The van der Waals surface area contributed by atoms with Crippen molar-refractivity contribution in [3.63, 3.8) is 0 Å². The molecule has 5 nitrogen and oxygen atoms in total. The lowest BCUT2D eigenvalue weighted by Gasteiger charge is -2.26. The van der Waals surface area contributed by atoms with Crippen LogP contribution in [0.4, 0.5) is 5.69 Å².